The van der Waals surface area contributed by atoms with Crippen LogP contribution in [0.3, 0.4) is 0 Å². The van der Waals surface area contributed by atoms with E-state index in [0.717, 1.165) is 12.8 Å². The van der Waals surface area contributed by atoms with Gasteiger partial charge in [-0.25, -0.2) is 0 Å². The number of hydrogen-bond donors (Lipinski definition) is 2. The van der Waals surface area contributed by atoms with Crippen LogP contribution in [-0.4, -0.2) is 22.0 Å². The molecule has 0 aliphatic carbocycles. The van der Waals surface area contributed by atoms with Crippen molar-refractivity contribution in [2.45, 2.75) is 38.3 Å². The van der Waals surface area contributed by atoms with E-state index >= 15 is 0 Å². The second kappa shape index (κ2) is 3.41. The molecule has 3 N–H and O–H groups in total. The minimum absolute atomic E-state index is 0.142. The van der Waals surface area contributed by atoms with Crippen molar-refractivity contribution in [3.8, 4) is 0 Å². The van der Waals surface area contributed by atoms with Gasteiger partial charge in [-0.05, 0) is 26.7 Å². The first-order valence-corrected chi connectivity index (χ1v) is 5.19. The average molecular weight is 211 g/mol. The highest BCUT2D eigenvalue weighted by Crippen LogP contribution is 2.32. The molecule has 1 atom stereocenters. The molecule has 0 amide bonds. The van der Waals surface area contributed by atoms with Crippen molar-refractivity contribution < 1.29 is 4.74 Å². The molecule has 84 valence electrons. The summed E-state index contributed by atoms with van der Waals surface area (Å²) in [5.41, 5.74) is 5.47. The number of nitrogens with one attached hydrogen (secondary N) is 1. The van der Waals surface area contributed by atoms with Crippen LogP contribution in [0.5, 0.6) is 0 Å². The van der Waals surface area contributed by atoms with Gasteiger partial charge in [0, 0.05) is 12.7 Å². The summed E-state index contributed by atoms with van der Waals surface area (Å²) in [5.74, 6) is 0.503. The van der Waals surface area contributed by atoms with Crippen LogP contribution >= 0.6 is 0 Å². The minimum Gasteiger partial charge on any atom is -0.384 e. The summed E-state index contributed by atoms with van der Waals surface area (Å²) in [5, 5.41) is 2.73. The summed E-state index contributed by atoms with van der Waals surface area (Å²) in [7, 11) is 0. The smallest absolute Gasteiger partial charge is 0.266 e. The highest BCUT2D eigenvalue weighted by molar-refractivity contribution is 5.27. The van der Waals surface area contributed by atoms with Gasteiger partial charge in [0.15, 0.2) is 0 Å². The van der Waals surface area contributed by atoms with Crippen molar-refractivity contribution in [2.24, 2.45) is 0 Å². The normalized spacial score (nSPS) is 25.3. The molecule has 1 aromatic heterocycles. The highest BCUT2D eigenvalue weighted by atomic mass is 16.5. The maximum absolute atomic E-state index is 11.1. The summed E-state index contributed by atoms with van der Waals surface area (Å²) in [4.78, 5) is 11.1. The molecule has 2 heterocycles. The van der Waals surface area contributed by atoms with Gasteiger partial charge in [-0.15, -0.1) is 0 Å². The van der Waals surface area contributed by atoms with Gasteiger partial charge < -0.3 is 10.5 Å². The molecule has 1 aliphatic rings. The van der Waals surface area contributed by atoms with Gasteiger partial charge in [0.25, 0.3) is 5.56 Å². The van der Waals surface area contributed by atoms with Crippen molar-refractivity contribution in [3.63, 3.8) is 0 Å². The van der Waals surface area contributed by atoms with E-state index in [9.17, 15) is 4.79 Å². The number of ether oxygens (including phenoxy) is 1. The Bertz CT molecular complexity index is 405. The van der Waals surface area contributed by atoms with Crippen LogP contribution < -0.4 is 11.3 Å². The lowest BCUT2D eigenvalue weighted by atomic mass is 9.94. The van der Waals surface area contributed by atoms with E-state index < -0.39 is 0 Å². The second-order valence-electron chi connectivity index (χ2n) is 4.67. The highest BCUT2D eigenvalue weighted by Gasteiger charge is 2.30. The third-order valence-electron chi connectivity index (χ3n) is 2.82. The van der Waals surface area contributed by atoms with Crippen LogP contribution in [0.2, 0.25) is 0 Å². The Balaban J connectivity index is 2.24. The zero-order valence-electron chi connectivity index (χ0n) is 9.12. The van der Waals surface area contributed by atoms with Crippen LogP contribution in [0.15, 0.2) is 10.9 Å². The van der Waals surface area contributed by atoms with Crippen molar-refractivity contribution in [1.29, 1.82) is 0 Å². The van der Waals surface area contributed by atoms with E-state index in [4.69, 9.17) is 10.5 Å². The van der Waals surface area contributed by atoms with Crippen LogP contribution in [0, 0.1) is 0 Å². The molecule has 5 nitrogen and oxygen atoms in total. The monoisotopic (exact) mass is 211 g/mol. The molecule has 0 radical (unpaired) electrons. The standard InChI is InChI=1S/C10H17N3O2/c1-10(2)6-7(3-4-15-10)13-8(11)5-9(14)12-13/h5,7H,3-4,6,11H2,1-2H3,(H,12,14). The number of rotatable bonds is 1. The van der Waals surface area contributed by atoms with Crippen LogP contribution in [0.25, 0.3) is 0 Å². The molecule has 0 spiro atoms. The van der Waals surface area contributed by atoms with Gasteiger partial charge in [-0.3, -0.25) is 14.6 Å². The number of aromatic amines is 1. The molecular weight excluding hydrogens is 194 g/mol. The van der Waals surface area contributed by atoms with Crippen LogP contribution in [0.1, 0.15) is 32.7 Å². The lowest BCUT2D eigenvalue weighted by Crippen LogP contribution is -2.35. The maximum atomic E-state index is 11.1. The van der Waals surface area contributed by atoms with E-state index in [0.29, 0.717) is 12.4 Å². The average Bonchev–Trinajstić information content (AvgIpc) is 2.43. The van der Waals surface area contributed by atoms with Gasteiger partial charge >= 0.3 is 0 Å². The minimum atomic E-state index is -0.142. The number of nitrogens with two attached hydrogens (primary N) is 1. The molecular formula is C10H17N3O2. The molecule has 1 fully saturated rings. The number of aromatic nitrogens is 2. The van der Waals surface area contributed by atoms with Crippen molar-refractivity contribution in [3.05, 3.63) is 16.4 Å². The predicted octanol–water partition coefficient (Wildman–Crippen LogP) is 0.889. The zero-order chi connectivity index (χ0) is 11.1. The van der Waals surface area contributed by atoms with E-state index in [-0.39, 0.29) is 17.2 Å². The molecule has 0 aromatic carbocycles. The molecule has 2 rings (SSSR count). The molecule has 1 unspecified atom stereocenters. The van der Waals surface area contributed by atoms with E-state index in [1.807, 2.05) is 0 Å². The molecule has 15 heavy (non-hydrogen) atoms. The fourth-order valence-electron chi connectivity index (χ4n) is 2.14. The summed E-state index contributed by atoms with van der Waals surface area (Å²) in [6.45, 7) is 4.81. The van der Waals surface area contributed by atoms with Crippen molar-refractivity contribution >= 4 is 5.82 Å². The summed E-state index contributed by atoms with van der Waals surface area (Å²) in [6, 6.07) is 1.65. The number of nitrogens with zero attached hydrogens (tertiary/aromatic N) is 1. The largest absolute Gasteiger partial charge is 0.384 e. The molecule has 1 aliphatic heterocycles. The summed E-state index contributed by atoms with van der Waals surface area (Å²) in [6.07, 6.45) is 1.75. The van der Waals surface area contributed by atoms with E-state index in [1.165, 1.54) is 6.07 Å². The number of H-pyrrole nitrogens is 1. The Morgan fingerprint density at radius 2 is 2.40 bits per heavy atom. The topological polar surface area (TPSA) is 73.0 Å². The predicted molar refractivity (Wildman–Crippen MR) is 57.8 cm³/mol. The number of anilines is 1. The third kappa shape index (κ3) is 2.07. The number of hydrogen-bond acceptors (Lipinski definition) is 3. The first-order valence-electron chi connectivity index (χ1n) is 5.19. The number of nitrogen functional groups attached to an aromatic ring is 1. The molecule has 1 aromatic rings. The SMILES string of the molecule is CC1(C)CC(n2[nH]c(=O)cc2N)CCO1. The molecule has 0 saturated carbocycles. The Morgan fingerprint density at radius 3 is 2.93 bits per heavy atom. The van der Waals surface area contributed by atoms with Gasteiger partial charge in [-0.2, -0.15) is 0 Å². The lowest BCUT2D eigenvalue weighted by Gasteiger charge is -2.36. The fourth-order valence-corrected chi connectivity index (χ4v) is 2.14. The second-order valence-corrected chi connectivity index (χ2v) is 4.67. The van der Waals surface area contributed by atoms with Gasteiger partial charge in [0.2, 0.25) is 0 Å². The Kier molecular flexibility index (Phi) is 2.34. The maximum Gasteiger partial charge on any atom is 0.266 e. The fraction of sp³-hybridized carbons (Fsp3) is 0.700. The van der Waals surface area contributed by atoms with Gasteiger partial charge in [0.05, 0.1) is 11.6 Å². The van der Waals surface area contributed by atoms with Crippen LogP contribution in [0.4, 0.5) is 5.82 Å². The van der Waals surface area contributed by atoms with Crippen molar-refractivity contribution in [2.75, 3.05) is 12.3 Å². The first kappa shape index (κ1) is 10.3. The zero-order valence-corrected chi connectivity index (χ0v) is 9.12. The molecule has 5 heteroatoms. The Morgan fingerprint density at radius 1 is 1.67 bits per heavy atom. The van der Waals surface area contributed by atoms with Gasteiger partial charge in [0.1, 0.15) is 5.82 Å². The van der Waals surface area contributed by atoms with Crippen molar-refractivity contribution in [1.82, 2.24) is 9.78 Å². The lowest BCUT2D eigenvalue weighted by molar-refractivity contribution is -0.0705. The first-order chi connectivity index (χ1) is 6.98. The quantitative estimate of drug-likeness (QED) is 0.724. The summed E-state index contributed by atoms with van der Waals surface area (Å²) < 4.78 is 7.37. The Hall–Kier alpha value is -1.23. The molecule has 0 bridgehead atoms. The van der Waals surface area contributed by atoms with E-state index in [1.54, 1.807) is 4.68 Å². The third-order valence-corrected chi connectivity index (χ3v) is 2.82. The summed E-state index contributed by atoms with van der Waals surface area (Å²) >= 11 is 0. The van der Waals surface area contributed by atoms with Crippen LogP contribution in [-0.2, 0) is 4.74 Å². The van der Waals surface area contributed by atoms with Gasteiger partial charge in [-0.1, -0.05) is 0 Å². The molecule has 1 saturated heterocycles. The van der Waals surface area contributed by atoms with E-state index in [2.05, 4.69) is 18.9 Å². The Labute approximate surface area is 88.2 Å².